The molecule has 80 valence electrons. The van der Waals surface area contributed by atoms with Gasteiger partial charge in [0.05, 0.1) is 23.9 Å². The third-order valence-electron chi connectivity index (χ3n) is 2.58. The van der Waals surface area contributed by atoms with E-state index in [9.17, 15) is 0 Å². The Morgan fingerprint density at radius 3 is 3.12 bits per heavy atom. The second kappa shape index (κ2) is 3.48. The summed E-state index contributed by atoms with van der Waals surface area (Å²) < 4.78 is 1.99. The molecule has 3 rings (SSSR count). The van der Waals surface area contributed by atoms with E-state index in [4.69, 9.17) is 0 Å². The van der Waals surface area contributed by atoms with Crippen molar-refractivity contribution in [2.45, 2.75) is 13.5 Å². The predicted molar refractivity (Wildman–Crippen MR) is 62.2 cm³/mol. The molecule has 16 heavy (non-hydrogen) atoms. The minimum absolute atomic E-state index is 0.730. The molecule has 0 saturated carbocycles. The Balaban J connectivity index is 1.99. The Morgan fingerprint density at radius 1 is 1.38 bits per heavy atom. The molecule has 0 spiro atoms. The first-order valence-electron chi connectivity index (χ1n) is 5.22. The largest absolute Gasteiger partial charge is 0.340 e. The molecular formula is C12H12N4. The van der Waals surface area contributed by atoms with E-state index < -0.39 is 0 Å². The lowest BCUT2D eigenvalue weighted by Crippen LogP contribution is -1.97. The Kier molecular flexibility index (Phi) is 1.99. The number of aromatic nitrogens is 4. The summed E-state index contributed by atoms with van der Waals surface area (Å²) in [6.45, 7) is 2.81. The number of imidazole rings is 2. The monoisotopic (exact) mass is 212 g/mol. The van der Waals surface area contributed by atoms with E-state index >= 15 is 0 Å². The summed E-state index contributed by atoms with van der Waals surface area (Å²) in [5.74, 6) is 0.957. The normalized spacial score (nSPS) is 11.1. The van der Waals surface area contributed by atoms with Gasteiger partial charge in [0.1, 0.15) is 5.82 Å². The average Bonchev–Trinajstić information content (AvgIpc) is 2.86. The molecule has 4 heteroatoms. The summed E-state index contributed by atoms with van der Waals surface area (Å²) in [7, 11) is 0. The van der Waals surface area contributed by atoms with E-state index in [-0.39, 0.29) is 0 Å². The number of nitrogens with zero attached hydrogens (tertiary/aromatic N) is 3. The molecule has 3 aromatic rings. The lowest BCUT2D eigenvalue weighted by molar-refractivity contribution is 0.758. The van der Waals surface area contributed by atoms with E-state index in [1.54, 1.807) is 12.5 Å². The van der Waals surface area contributed by atoms with Crippen molar-refractivity contribution in [2.24, 2.45) is 0 Å². The Morgan fingerprint density at radius 2 is 2.31 bits per heavy atom. The quantitative estimate of drug-likeness (QED) is 0.707. The number of hydrogen-bond acceptors (Lipinski definition) is 2. The minimum atomic E-state index is 0.730. The Hall–Kier alpha value is -2.10. The van der Waals surface area contributed by atoms with Crippen molar-refractivity contribution >= 4 is 11.0 Å². The smallest absolute Gasteiger partial charge is 0.127 e. The predicted octanol–water partition coefficient (Wildman–Crippen LogP) is 2.12. The minimum Gasteiger partial charge on any atom is -0.340 e. The second-order valence-corrected chi connectivity index (χ2v) is 3.94. The molecule has 0 fully saturated rings. The van der Waals surface area contributed by atoms with Gasteiger partial charge in [0.2, 0.25) is 0 Å². The Bertz CT molecular complexity index is 607. The molecule has 1 aromatic carbocycles. The summed E-state index contributed by atoms with van der Waals surface area (Å²) in [5, 5.41) is 0. The zero-order chi connectivity index (χ0) is 11.0. The van der Waals surface area contributed by atoms with Crippen LogP contribution < -0.4 is 0 Å². The van der Waals surface area contributed by atoms with Crippen LogP contribution in [-0.2, 0) is 6.54 Å². The molecule has 2 aromatic heterocycles. The van der Waals surface area contributed by atoms with Crippen molar-refractivity contribution in [3.8, 4) is 0 Å². The van der Waals surface area contributed by atoms with E-state index in [1.165, 1.54) is 5.56 Å². The molecule has 0 saturated heterocycles. The third-order valence-corrected chi connectivity index (χ3v) is 2.58. The van der Waals surface area contributed by atoms with Gasteiger partial charge in [-0.2, -0.15) is 0 Å². The zero-order valence-corrected chi connectivity index (χ0v) is 9.01. The fourth-order valence-corrected chi connectivity index (χ4v) is 1.80. The van der Waals surface area contributed by atoms with Crippen LogP contribution in [0.5, 0.6) is 0 Å². The molecule has 1 N–H and O–H groups in total. The summed E-state index contributed by atoms with van der Waals surface area (Å²) in [4.78, 5) is 11.8. The van der Waals surface area contributed by atoms with Gasteiger partial charge < -0.3 is 9.55 Å². The van der Waals surface area contributed by atoms with Crippen LogP contribution in [0, 0.1) is 6.92 Å². The number of H-pyrrole nitrogens is 1. The summed E-state index contributed by atoms with van der Waals surface area (Å²) in [6.07, 6.45) is 5.49. The first kappa shape index (κ1) is 9.15. The highest BCUT2D eigenvalue weighted by molar-refractivity contribution is 5.75. The number of rotatable bonds is 2. The number of benzene rings is 1. The first-order chi connectivity index (χ1) is 7.81. The van der Waals surface area contributed by atoms with Gasteiger partial charge in [0.25, 0.3) is 0 Å². The van der Waals surface area contributed by atoms with Crippen LogP contribution in [0.25, 0.3) is 11.0 Å². The number of aromatic amines is 1. The lowest BCUT2D eigenvalue weighted by Gasteiger charge is -1.96. The molecule has 0 atom stereocenters. The van der Waals surface area contributed by atoms with Crippen LogP contribution in [0.2, 0.25) is 0 Å². The van der Waals surface area contributed by atoms with Crippen molar-refractivity contribution < 1.29 is 0 Å². The highest BCUT2D eigenvalue weighted by Crippen LogP contribution is 2.13. The van der Waals surface area contributed by atoms with Crippen LogP contribution in [0.15, 0.2) is 36.9 Å². The number of aryl methyl sites for hydroxylation is 1. The Labute approximate surface area is 93.0 Å². The van der Waals surface area contributed by atoms with Crippen LogP contribution in [0.1, 0.15) is 11.4 Å². The SMILES string of the molecule is Cc1ccc2nc(Cn3ccnc3)[nH]c2c1. The van der Waals surface area contributed by atoms with Crippen molar-refractivity contribution in [3.05, 3.63) is 48.3 Å². The first-order valence-corrected chi connectivity index (χ1v) is 5.22. The van der Waals surface area contributed by atoms with Gasteiger partial charge in [-0.3, -0.25) is 0 Å². The fraction of sp³-hybridized carbons (Fsp3) is 0.167. The summed E-state index contributed by atoms with van der Waals surface area (Å²) in [6, 6.07) is 6.22. The lowest BCUT2D eigenvalue weighted by atomic mass is 10.2. The molecule has 2 heterocycles. The molecular weight excluding hydrogens is 200 g/mol. The fourth-order valence-electron chi connectivity index (χ4n) is 1.80. The van der Waals surface area contributed by atoms with Gasteiger partial charge in [0.15, 0.2) is 0 Å². The number of fused-ring (bicyclic) bond motifs is 1. The molecule has 0 unspecified atom stereocenters. The highest BCUT2D eigenvalue weighted by atomic mass is 15.1. The number of nitrogens with one attached hydrogen (secondary N) is 1. The van der Waals surface area contributed by atoms with Crippen molar-refractivity contribution in [1.29, 1.82) is 0 Å². The molecule has 4 nitrogen and oxygen atoms in total. The number of hydrogen-bond donors (Lipinski definition) is 1. The van der Waals surface area contributed by atoms with Gasteiger partial charge in [-0.25, -0.2) is 9.97 Å². The van der Waals surface area contributed by atoms with Crippen LogP contribution in [-0.4, -0.2) is 19.5 Å². The van der Waals surface area contributed by atoms with Gasteiger partial charge in [0, 0.05) is 12.4 Å². The zero-order valence-electron chi connectivity index (χ0n) is 9.01. The molecule has 0 aliphatic heterocycles. The van der Waals surface area contributed by atoms with Gasteiger partial charge >= 0.3 is 0 Å². The van der Waals surface area contributed by atoms with E-state index in [0.29, 0.717) is 0 Å². The van der Waals surface area contributed by atoms with Crippen LogP contribution >= 0.6 is 0 Å². The van der Waals surface area contributed by atoms with E-state index in [1.807, 2.05) is 16.8 Å². The van der Waals surface area contributed by atoms with Crippen LogP contribution in [0.3, 0.4) is 0 Å². The van der Waals surface area contributed by atoms with Crippen molar-refractivity contribution in [3.63, 3.8) is 0 Å². The molecule has 0 aliphatic carbocycles. The molecule has 0 amide bonds. The molecule has 0 radical (unpaired) electrons. The standard InChI is InChI=1S/C12H12N4/c1-9-2-3-10-11(6-9)15-12(14-10)7-16-5-4-13-8-16/h2-6,8H,7H2,1H3,(H,14,15). The van der Waals surface area contributed by atoms with Gasteiger partial charge in [-0.05, 0) is 24.6 Å². The maximum absolute atomic E-state index is 4.52. The van der Waals surface area contributed by atoms with Crippen molar-refractivity contribution in [1.82, 2.24) is 19.5 Å². The summed E-state index contributed by atoms with van der Waals surface area (Å²) in [5.41, 5.74) is 3.35. The second-order valence-electron chi connectivity index (χ2n) is 3.94. The average molecular weight is 212 g/mol. The van der Waals surface area contributed by atoms with Crippen LogP contribution in [0.4, 0.5) is 0 Å². The van der Waals surface area contributed by atoms with E-state index in [2.05, 4.69) is 34.0 Å². The van der Waals surface area contributed by atoms with Gasteiger partial charge in [-0.15, -0.1) is 0 Å². The highest BCUT2D eigenvalue weighted by Gasteiger charge is 2.02. The third kappa shape index (κ3) is 1.58. The van der Waals surface area contributed by atoms with E-state index in [0.717, 1.165) is 23.4 Å². The maximum Gasteiger partial charge on any atom is 0.127 e. The summed E-state index contributed by atoms with van der Waals surface area (Å²) >= 11 is 0. The van der Waals surface area contributed by atoms with Gasteiger partial charge in [-0.1, -0.05) is 6.07 Å². The van der Waals surface area contributed by atoms with Crippen molar-refractivity contribution in [2.75, 3.05) is 0 Å². The topological polar surface area (TPSA) is 46.5 Å². The molecule has 0 aliphatic rings. The molecule has 0 bridgehead atoms. The maximum atomic E-state index is 4.52.